The smallest absolute Gasteiger partial charge is 0.128 e. The minimum Gasteiger partial charge on any atom is -0.490 e. The molecular weight excluding hydrogens is 222 g/mol. The zero-order chi connectivity index (χ0) is 10.8. The molecule has 1 saturated heterocycles. The van der Waals surface area contributed by atoms with Crippen molar-refractivity contribution < 1.29 is 9.47 Å². The van der Waals surface area contributed by atoms with Crippen molar-refractivity contribution in [2.45, 2.75) is 6.10 Å². The van der Waals surface area contributed by atoms with Gasteiger partial charge < -0.3 is 9.47 Å². The van der Waals surface area contributed by atoms with Gasteiger partial charge in [-0.1, -0.05) is 12.1 Å². The lowest BCUT2D eigenvalue weighted by Crippen LogP contribution is -2.04. The summed E-state index contributed by atoms with van der Waals surface area (Å²) in [5.41, 5.74) is 2.93. The lowest BCUT2D eigenvalue weighted by molar-refractivity contribution is 0.264. The van der Waals surface area contributed by atoms with Gasteiger partial charge in [0.2, 0.25) is 0 Å². The number of ether oxygens (including phenoxy) is 2. The van der Waals surface area contributed by atoms with Gasteiger partial charge in [-0.15, -0.1) is 11.3 Å². The molecule has 1 aliphatic heterocycles. The molecule has 0 spiro atoms. The van der Waals surface area contributed by atoms with Gasteiger partial charge in [-0.3, -0.25) is 4.98 Å². The molecule has 0 unspecified atom stereocenters. The lowest BCUT2D eigenvalue weighted by Gasteiger charge is -2.08. The molecule has 3 rings (SSSR count). The first-order valence-electron chi connectivity index (χ1n) is 5.16. The molecule has 2 aromatic rings. The fourth-order valence-electron chi connectivity index (χ4n) is 1.49. The number of aromatic nitrogens is 1. The Morgan fingerprint density at radius 1 is 1.44 bits per heavy atom. The molecule has 0 bridgehead atoms. The van der Waals surface area contributed by atoms with E-state index in [4.69, 9.17) is 9.47 Å². The monoisotopic (exact) mass is 233 g/mol. The molecule has 1 aromatic heterocycles. The van der Waals surface area contributed by atoms with E-state index in [9.17, 15) is 0 Å². The normalized spacial score (nSPS) is 18.4. The maximum Gasteiger partial charge on any atom is 0.128 e. The van der Waals surface area contributed by atoms with Crippen LogP contribution in [0.4, 0.5) is 0 Å². The van der Waals surface area contributed by atoms with Gasteiger partial charge >= 0.3 is 0 Å². The number of para-hydroxylation sites is 1. The first-order chi connectivity index (χ1) is 7.93. The van der Waals surface area contributed by atoms with Gasteiger partial charge in [0.25, 0.3) is 0 Å². The Morgan fingerprint density at radius 2 is 2.31 bits per heavy atom. The van der Waals surface area contributed by atoms with Gasteiger partial charge in [-0.05, 0) is 12.1 Å². The van der Waals surface area contributed by atoms with Crippen LogP contribution in [0.5, 0.6) is 5.75 Å². The van der Waals surface area contributed by atoms with E-state index in [-0.39, 0.29) is 6.10 Å². The summed E-state index contributed by atoms with van der Waals surface area (Å²) in [5.74, 6) is 0.905. The van der Waals surface area contributed by atoms with Crippen molar-refractivity contribution in [3.8, 4) is 16.2 Å². The van der Waals surface area contributed by atoms with Gasteiger partial charge in [-0.25, -0.2) is 0 Å². The Bertz CT molecular complexity index is 466. The number of nitrogens with zero attached hydrogens (tertiary/aromatic N) is 1. The summed E-state index contributed by atoms with van der Waals surface area (Å²) in [5, 5.41) is 0. The Labute approximate surface area is 97.7 Å². The lowest BCUT2D eigenvalue weighted by atomic mass is 10.2. The quantitative estimate of drug-likeness (QED) is 0.761. The molecule has 0 aliphatic carbocycles. The van der Waals surface area contributed by atoms with E-state index < -0.39 is 0 Å². The molecule has 82 valence electrons. The molecule has 0 amide bonds. The van der Waals surface area contributed by atoms with Gasteiger partial charge in [-0.2, -0.15) is 0 Å². The predicted molar refractivity (Wildman–Crippen MR) is 62.8 cm³/mol. The van der Waals surface area contributed by atoms with Crippen LogP contribution in [0.25, 0.3) is 10.4 Å². The molecule has 0 radical (unpaired) electrons. The number of epoxide rings is 1. The number of thiazole rings is 1. The van der Waals surface area contributed by atoms with Gasteiger partial charge in [0.15, 0.2) is 0 Å². The molecular formula is C12H11NO2S. The van der Waals surface area contributed by atoms with Crippen molar-refractivity contribution in [3.05, 3.63) is 36.0 Å². The maximum atomic E-state index is 5.74. The molecule has 1 aromatic carbocycles. The fourth-order valence-corrected chi connectivity index (χ4v) is 2.14. The van der Waals surface area contributed by atoms with E-state index in [0.717, 1.165) is 22.8 Å². The topological polar surface area (TPSA) is 34.6 Å². The Balaban J connectivity index is 1.85. The molecule has 16 heavy (non-hydrogen) atoms. The summed E-state index contributed by atoms with van der Waals surface area (Å²) in [6.07, 6.45) is 2.15. The van der Waals surface area contributed by atoms with Crippen LogP contribution >= 0.6 is 11.3 Å². The van der Waals surface area contributed by atoms with Gasteiger partial charge in [0.1, 0.15) is 18.5 Å². The summed E-state index contributed by atoms with van der Waals surface area (Å²) in [7, 11) is 0. The zero-order valence-electron chi connectivity index (χ0n) is 8.63. The van der Waals surface area contributed by atoms with Crippen molar-refractivity contribution in [3.63, 3.8) is 0 Å². The second kappa shape index (κ2) is 4.23. The molecule has 2 heterocycles. The molecule has 1 fully saturated rings. The molecule has 1 atom stereocenters. The standard InChI is InChI=1S/C12H11NO2S/c1-2-4-11(15-7-9-6-14-9)10(3-1)12-5-13-8-16-12/h1-5,8-9H,6-7H2/t9-/m0/s1. The summed E-state index contributed by atoms with van der Waals surface area (Å²) in [6.45, 7) is 1.46. The minimum absolute atomic E-state index is 0.287. The van der Waals surface area contributed by atoms with Crippen LogP contribution in [-0.4, -0.2) is 24.3 Å². The molecule has 4 heteroatoms. The third kappa shape index (κ3) is 2.08. The highest BCUT2D eigenvalue weighted by molar-refractivity contribution is 7.13. The largest absolute Gasteiger partial charge is 0.490 e. The first-order valence-corrected chi connectivity index (χ1v) is 6.04. The Kier molecular flexibility index (Phi) is 2.60. The second-order valence-electron chi connectivity index (χ2n) is 3.63. The van der Waals surface area contributed by atoms with E-state index in [1.165, 1.54) is 0 Å². The Hall–Kier alpha value is -1.39. The van der Waals surface area contributed by atoms with E-state index in [1.807, 2.05) is 29.9 Å². The van der Waals surface area contributed by atoms with E-state index in [2.05, 4.69) is 11.1 Å². The van der Waals surface area contributed by atoms with Gasteiger partial charge in [0, 0.05) is 11.8 Å². The zero-order valence-corrected chi connectivity index (χ0v) is 9.44. The van der Waals surface area contributed by atoms with Crippen LogP contribution in [0.1, 0.15) is 0 Å². The summed E-state index contributed by atoms with van der Waals surface area (Å²) >= 11 is 1.62. The van der Waals surface area contributed by atoms with E-state index in [1.54, 1.807) is 11.3 Å². The molecule has 3 nitrogen and oxygen atoms in total. The second-order valence-corrected chi connectivity index (χ2v) is 4.51. The van der Waals surface area contributed by atoms with E-state index in [0.29, 0.717) is 6.61 Å². The van der Waals surface area contributed by atoms with E-state index >= 15 is 0 Å². The molecule has 1 aliphatic rings. The summed E-state index contributed by atoms with van der Waals surface area (Å²) in [6, 6.07) is 8.02. The fraction of sp³-hybridized carbons (Fsp3) is 0.250. The predicted octanol–water partition coefficient (Wildman–Crippen LogP) is 2.59. The Morgan fingerprint density at radius 3 is 3.06 bits per heavy atom. The average molecular weight is 233 g/mol. The van der Waals surface area contributed by atoms with Crippen molar-refractivity contribution in [2.24, 2.45) is 0 Å². The summed E-state index contributed by atoms with van der Waals surface area (Å²) < 4.78 is 10.9. The van der Waals surface area contributed by atoms with Crippen LogP contribution < -0.4 is 4.74 Å². The van der Waals surface area contributed by atoms with Gasteiger partial charge in [0.05, 0.1) is 17.0 Å². The number of hydrogen-bond acceptors (Lipinski definition) is 4. The van der Waals surface area contributed by atoms with Crippen LogP contribution in [0, 0.1) is 0 Å². The third-order valence-corrected chi connectivity index (χ3v) is 3.22. The van der Waals surface area contributed by atoms with Crippen molar-refractivity contribution in [1.29, 1.82) is 0 Å². The highest BCUT2D eigenvalue weighted by atomic mass is 32.1. The highest BCUT2D eigenvalue weighted by Gasteiger charge is 2.23. The van der Waals surface area contributed by atoms with Crippen molar-refractivity contribution in [1.82, 2.24) is 4.98 Å². The van der Waals surface area contributed by atoms with Crippen LogP contribution in [0.3, 0.4) is 0 Å². The average Bonchev–Trinajstić information content (AvgIpc) is 3.00. The minimum atomic E-state index is 0.287. The molecule has 0 saturated carbocycles. The van der Waals surface area contributed by atoms with Crippen molar-refractivity contribution in [2.75, 3.05) is 13.2 Å². The van der Waals surface area contributed by atoms with Crippen LogP contribution in [0.15, 0.2) is 36.0 Å². The first kappa shape index (κ1) is 9.81. The van der Waals surface area contributed by atoms with Crippen LogP contribution in [0.2, 0.25) is 0 Å². The third-order valence-electron chi connectivity index (χ3n) is 2.41. The number of hydrogen-bond donors (Lipinski definition) is 0. The maximum absolute atomic E-state index is 5.74. The van der Waals surface area contributed by atoms with Crippen LogP contribution in [-0.2, 0) is 4.74 Å². The molecule has 0 N–H and O–H groups in total. The SMILES string of the molecule is c1ccc(-c2cncs2)c(OC[C@@H]2CO2)c1. The van der Waals surface area contributed by atoms with Crippen molar-refractivity contribution >= 4 is 11.3 Å². The number of benzene rings is 1. The summed E-state index contributed by atoms with van der Waals surface area (Å²) in [4.78, 5) is 5.22. The number of rotatable bonds is 4. The highest BCUT2D eigenvalue weighted by Crippen LogP contribution is 2.32.